The summed E-state index contributed by atoms with van der Waals surface area (Å²) < 4.78 is 49.3. The highest BCUT2D eigenvalue weighted by molar-refractivity contribution is 5.97. The van der Waals surface area contributed by atoms with Crippen LogP contribution in [0.5, 0.6) is 5.75 Å². The molecule has 3 aromatic rings. The number of phenolic OH excluding ortho intramolecular Hbond substituents is 1. The van der Waals surface area contributed by atoms with E-state index in [1.807, 2.05) is 6.07 Å². The lowest BCUT2D eigenvalue weighted by molar-refractivity contribution is -0.152. The Morgan fingerprint density at radius 3 is 2.38 bits per heavy atom. The Labute approximate surface area is 163 Å². The number of benzene rings is 2. The number of alkyl halides is 3. The lowest BCUT2D eigenvalue weighted by Gasteiger charge is -2.20. The summed E-state index contributed by atoms with van der Waals surface area (Å²) in [5.74, 6) is -2.34. The van der Waals surface area contributed by atoms with Crippen molar-refractivity contribution in [1.82, 2.24) is 0 Å². The van der Waals surface area contributed by atoms with Gasteiger partial charge in [-0.15, -0.1) is 0 Å². The average molecular weight is 403 g/mol. The summed E-state index contributed by atoms with van der Waals surface area (Å²) in [5, 5.41) is 19.6. The molecule has 29 heavy (non-hydrogen) atoms. The molecule has 0 atom stereocenters. The molecule has 0 amide bonds. The van der Waals surface area contributed by atoms with Gasteiger partial charge in [0.2, 0.25) is 5.76 Å². The monoisotopic (exact) mass is 403 g/mol. The second kappa shape index (κ2) is 6.85. The number of carbonyl (C=O) groups is 1. The Hall–Kier alpha value is -3.47. The van der Waals surface area contributed by atoms with Crippen LogP contribution in [0.4, 0.5) is 13.2 Å². The topological polar surface area (TPSA) is 83.5 Å². The summed E-state index contributed by atoms with van der Waals surface area (Å²) in [4.78, 5) is 12.2. The second-order valence-electron chi connectivity index (χ2n) is 7.40. The highest BCUT2D eigenvalue weighted by Gasteiger charge is 2.35. The minimum Gasteiger partial charge on any atom is -0.507 e. The van der Waals surface area contributed by atoms with E-state index in [0.717, 1.165) is 6.07 Å². The number of nitrogens with zero attached hydrogens (tertiary/aromatic N) is 1. The molecule has 1 aromatic heterocycles. The summed E-state index contributed by atoms with van der Waals surface area (Å²) in [6, 6.07) is 9.29. The fourth-order valence-corrected chi connectivity index (χ4v) is 2.78. The minimum atomic E-state index is -4.69. The van der Waals surface area contributed by atoms with E-state index in [1.165, 1.54) is 30.3 Å². The first-order chi connectivity index (χ1) is 13.4. The van der Waals surface area contributed by atoms with Crippen LogP contribution in [-0.2, 0) is 10.9 Å². The van der Waals surface area contributed by atoms with E-state index in [4.69, 9.17) is 9.15 Å². The maximum absolute atomic E-state index is 13.0. The molecule has 0 saturated heterocycles. The molecule has 1 N–H and O–H groups in total. The zero-order chi connectivity index (χ0) is 21.6. The Morgan fingerprint density at radius 2 is 1.83 bits per heavy atom. The van der Waals surface area contributed by atoms with E-state index in [0.29, 0.717) is 0 Å². The number of fused-ring (bicyclic) bond motifs is 1. The van der Waals surface area contributed by atoms with Gasteiger partial charge in [0.1, 0.15) is 22.5 Å². The molecule has 0 bridgehead atoms. The summed E-state index contributed by atoms with van der Waals surface area (Å²) >= 11 is 0. The number of rotatable bonds is 2. The van der Waals surface area contributed by atoms with E-state index >= 15 is 0 Å². The quantitative estimate of drug-likeness (QED) is 0.559. The van der Waals surface area contributed by atoms with Crippen molar-refractivity contribution in [1.29, 1.82) is 5.26 Å². The maximum Gasteiger partial charge on any atom is 0.449 e. The third kappa shape index (κ3) is 4.19. The van der Waals surface area contributed by atoms with Gasteiger partial charge in [0, 0.05) is 10.9 Å². The number of phenols is 1. The molecule has 0 unspecified atom stereocenters. The lowest BCUT2D eigenvalue weighted by Crippen LogP contribution is -2.23. The Morgan fingerprint density at radius 1 is 1.14 bits per heavy atom. The number of hydrogen-bond acceptors (Lipinski definition) is 5. The van der Waals surface area contributed by atoms with Gasteiger partial charge in [0.15, 0.2) is 0 Å². The van der Waals surface area contributed by atoms with Crippen LogP contribution in [0.2, 0.25) is 0 Å². The van der Waals surface area contributed by atoms with E-state index in [1.54, 1.807) is 20.8 Å². The van der Waals surface area contributed by atoms with E-state index < -0.39 is 29.3 Å². The Bertz CT molecular complexity index is 1150. The summed E-state index contributed by atoms with van der Waals surface area (Å²) in [6.45, 7) is 5.03. The van der Waals surface area contributed by atoms with Gasteiger partial charge < -0.3 is 14.3 Å². The van der Waals surface area contributed by atoms with Crippen molar-refractivity contribution < 1.29 is 32.2 Å². The van der Waals surface area contributed by atoms with Gasteiger partial charge in [0.05, 0.1) is 11.6 Å². The van der Waals surface area contributed by atoms with E-state index in [2.05, 4.69) is 0 Å². The molecular formula is C21H16F3NO4. The molecule has 0 aliphatic carbocycles. The number of ether oxygens (including phenoxy) is 1. The maximum atomic E-state index is 13.0. The number of furan rings is 1. The first-order valence-corrected chi connectivity index (χ1v) is 8.50. The van der Waals surface area contributed by atoms with Crippen LogP contribution >= 0.6 is 0 Å². The van der Waals surface area contributed by atoms with Gasteiger partial charge >= 0.3 is 12.1 Å². The molecule has 150 valence electrons. The molecule has 5 nitrogen and oxygen atoms in total. The van der Waals surface area contributed by atoms with Crippen LogP contribution in [0.15, 0.2) is 40.8 Å². The van der Waals surface area contributed by atoms with Crippen molar-refractivity contribution in [2.24, 2.45) is 0 Å². The SMILES string of the molecule is CC(C)(C)OC(=O)c1ccc(-c2cc(C#N)cc3cc(C(F)(F)F)oc23)cc1O. The molecule has 0 aliphatic rings. The van der Waals surface area contributed by atoms with Gasteiger partial charge in [0.25, 0.3) is 0 Å². The fourth-order valence-electron chi connectivity index (χ4n) is 2.78. The van der Waals surface area contributed by atoms with Gasteiger partial charge in [-0.25, -0.2) is 4.79 Å². The predicted molar refractivity (Wildman–Crippen MR) is 98.2 cm³/mol. The smallest absolute Gasteiger partial charge is 0.449 e. The number of nitriles is 1. The lowest BCUT2D eigenvalue weighted by atomic mass is 9.99. The molecule has 0 spiro atoms. The normalized spacial score (nSPS) is 12.0. The zero-order valence-electron chi connectivity index (χ0n) is 15.7. The van der Waals surface area contributed by atoms with Crippen LogP contribution in [0.1, 0.15) is 42.5 Å². The van der Waals surface area contributed by atoms with Crippen molar-refractivity contribution >= 4 is 16.9 Å². The van der Waals surface area contributed by atoms with Gasteiger partial charge in [-0.3, -0.25) is 0 Å². The van der Waals surface area contributed by atoms with Crippen molar-refractivity contribution in [2.45, 2.75) is 32.5 Å². The minimum absolute atomic E-state index is 0.0826. The van der Waals surface area contributed by atoms with Crippen molar-refractivity contribution in [3.63, 3.8) is 0 Å². The van der Waals surface area contributed by atoms with Gasteiger partial charge in [-0.2, -0.15) is 18.4 Å². The van der Waals surface area contributed by atoms with Crippen LogP contribution in [0.25, 0.3) is 22.1 Å². The molecular weight excluding hydrogens is 387 g/mol. The summed E-state index contributed by atoms with van der Waals surface area (Å²) in [6.07, 6.45) is -4.69. The largest absolute Gasteiger partial charge is 0.507 e. The molecule has 8 heteroatoms. The van der Waals surface area contributed by atoms with Gasteiger partial charge in [-0.1, -0.05) is 6.07 Å². The van der Waals surface area contributed by atoms with Crippen LogP contribution < -0.4 is 0 Å². The van der Waals surface area contributed by atoms with Crippen LogP contribution in [-0.4, -0.2) is 16.7 Å². The summed E-state index contributed by atoms with van der Waals surface area (Å²) in [7, 11) is 0. The average Bonchev–Trinajstić information content (AvgIpc) is 3.03. The van der Waals surface area contributed by atoms with Crippen LogP contribution in [0, 0.1) is 11.3 Å². The Kier molecular flexibility index (Phi) is 4.79. The third-order valence-corrected chi connectivity index (χ3v) is 3.95. The third-order valence-electron chi connectivity index (χ3n) is 3.95. The van der Waals surface area contributed by atoms with Crippen molar-refractivity contribution in [2.75, 3.05) is 0 Å². The molecule has 2 aromatic carbocycles. The second-order valence-corrected chi connectivity index (χ2v) is 7.40. The van der Waals surface area contributed by atoms with Gasteiger partial charge in [-0.05, 0) is 56.7 Å². The molecule has 0 fully saturated rings. The number of halogens is 3. The number of aromatic hydroxyl groups is 1. The highest BCUT2D eigenvalue weighted by Crippen LogP contribution is 2.39. The molecule has 1 heterocycles. The molecule has 0 aliphatic heterocycles. The van der Waals surface area contributed by atoms with Crippen molar-refractivity contribution in [3.05, 3.63) is 53.3 Å². The first kappa shape index (κ1) is 20.3. The standard InChI is InChI=1S/C21H16F3NO4/c1-20(2,3)29-19(27)14-5-4-12(8-16(14)26)15-7-11(10-25)6-13-9-17(21(22,23)24)28-18(13)15/h4-9,26H,1-3H3. The molecule has 0 saturated carbocycles. The van der Waals surface area contributed by atoms with E-state index in [9.17, 15) is 28.3 Å². The fraction of sp³-hybridized carbons (Fsp3) is 0.238. The number of esters is 1. The number of hydrogen-bond donors (Lipinski definition) is 1. The van der Waals surface area contributed by atoms with E-state index in [-0.39, 0.29) is 33.2 Å². The highest BCUT2D eigenvalue weighted by atomic mass is 19.4. The summed E-state index contributed by atoms with van der Waals surface area (Å²) in [5.41, 5.74) is -0.358. The number of carbonyl (C=O) groups excluding carboxylic acids is 1. The first-order valence-electron chi connectivity index (χ1n) is 8.50. The van der Waals surface area contributed by atoms with Crippen molar-refractivity contribution in [3.8, 4) is 22.9 Å². The predicted octanol–water partition coefficient (Wildman–Crippen LogP) is 5.65. The Balaban J connectivity index is 2.13. The molecule has 0 radical (unpaired) electrons. The molecule has 3 rings (SSSR count). The van der Waals surface area contributed by atoms with Crippen LogP contribution in [0.3, 0.4) is 0 Å². The zero-order valence-corrected chi connectivity index (χ0v) is 15.7.